The summed E-state index contributed by atoms with van der Waals surface area (Å²) in [5.41, 5.74) is 2.62. The van der Waals surface area contributed by atoms with Crippen LogP contribution in [0.2, 0.25) is 5.02 Å². The SMILES string of the molecule is CC(=O)c1ccc(N2CC[NH+](Cc3cc(Cl)ccc3[N+](=O)[O-])CC2)cc1. The van der Waals surface area contributed by atoms with Gasteiger partial charge in [0.15, 0.2) is 5.78 Å². The quantitative estimate of drug-likeness (QED) is 0.495. The molecule has 1 saturated heterocycles. The number of quaternary nitrogens is 1. The minimum atomic E-state index is -0.349. The second-order valence-electron chi connectivity index (χ2n) is 6.55. The summed E-state index contributed by atoms with van der Waals surface area (Å²) < 4.78 is 0. The topological polar surface area (TPSA) is 67.9 Å². The predicted molar refractivity (Wildman–Crippen MR) is 101 cm³/mol. The van der Waals surface area contributed by atoms with Gasteiger partial charge in [0.25, 0.3) is 5.69 Å². The summed E-state index contributed by atoms with van der Waals surface area (Å²) in [6.07, 6.45) is 0. The van der Waals surface area contributed by atoms with E-state index in [4.69, 9.17) is 11.6 Å². The summed E-state index contributed by atoms with van der Waals surface area (Å²) in [5.74, 6) is 0.0638. The number of benzene rings is 2. The van der Waals surface area contributed by atoms with E-state index in [1.54, 1.807) is 19.1 Å². The number of hydrogen-bond acceptors (Lipinski definition) is 4. The number of nitro benzene ring substituents is 1. The Balaban J connectivity index is 1.63. The van der Waals surface area contributed by atoms with Crippen molar-refractivity contribution in [3.8, 4) is 0 Å². The van der Waals surface area contributed by atoms with E-state index in [9.17, 15) is 14.9 Å². The van der Waals surface area contributed by atoms with Gasteiger partial charge >= 0.3 is 0 Å². The summed E-state index contributed by atoms with van der Waals surface area (Å²) in [4.78, 5) is 25.8. The molecule has 0 aliphatic carbocycles. The molecular weight excluding hydrogens is 354 g/mol. The Hall–Kier alpha value is -2.44. The van der Waals surface area contributed by atoms with Crippen LogP contribution in [-0.4, -0.2) is 36.9 Å². The Bertz CT molecular complexity index is 815. The normalized spacial score (nSPS) is 15.1. The highest BCUT2D eigenvalue weighted by Gasteiger charge is 2.24. The van der Waals surface area contributed by atoms with Gasteiger partial charge in [-0.2, -0.15) is 0 Å². The zero-order chi connectivity index (χ0) is 18.7. The Morgan fingerprint density at radius 2 is 1.85 bits per heavy atom. The van der Waals surface area contributed by atoms with Crippen LogP contribution < -0.4 is 9.80 Å². The Morgan fingerprint density at radius 3 is 2.42 bits per heavy atom. The van der Waals surface area contributed by atoms with E-state index in [2.05, 4.69) is 4.90 Å². The number of carbonyl (C=O) groups is 1. The second kappa shape index (κ2) is 7.85. The first-order valence-electron chi connectivity index (χ1n) is 8.56. The average molecular weight is 375 g/mol. The molecule has 0 radical (unpaired) electrons. The number of hydrogen-bond donors (Lipinski definition) is 1. The molecule has 136 valence electrons. The molecule has 0 unspecified atom stereocenters. The third-order valence-corrected chi connectivity index (χ3v) is 5.02. The molecule has 0 atom stereocenters. The summed E-state index contributed by atoms with van der Waals surface area (Å²) in [6.45, 7) is 5.66. The predicted octanol–water partition coefficient (Wildman–Crippen LogP) is 2.36. The van der Waals surface area contributed by atoms with Crippen LogP contribution >= 0.6 is 11.6 Å². The molecular formula is C19H21ClN3O3+. The van der Waals surface area contributed by atoms with Crippen LogP contribution in [0.3, 0.4) is 0 Å². The number of rotatable bonds is 5. The first kappa shape index (κ1) is 18.4. The highest BCUT2D eigenvalue weighted by atomic mass is 35.5. The van der Waals surface area contributed by atoms with Crippen molar-refractivity contribution in [1.29, 1.82) is 0 Å². The van der Waals surface area contributed by atoms with Gasteiger partial charge in [-0.3, -0.25) is 14.9 Å². The van der Waals surface area contributed by atoms with E-state index in [0.717, 1.165) is 31.9 Å². The standard InChI is InChI=1S/C19H20ClN3O3/c1-14(24)15-2-5-18(6-3-15)22-10-8-21(9-11-22)13-16-12-17(20)4-7-19(16)23(25)26/h2-7,12H,8-11,13H2,1H3/p+1. The summed E-state index contributed by atoms with van der Waals surface area (Å²) in [7, 11) is 0. The van der Waals surface area contributed by atoms with Crippen molar-refractivity contribution >= 4 is 28.8 Å². The molecule has 26 heavy (non-hydrogen) atoms. The Kier molecular flexibility index (Phi) is 5.54. The molecule has 2 aromatic carbocycles. The van der Waals surface area contributed by atoms with E-state index in [0.29, 0.717) is 22.7 Å². The highest BCUT2D eigenvalue weighted by Crippen LogP contribution is 2.22. The molecule has 0 bridgehead atoms. The number of nitro groups is 1. The molecule has 1 aliphatic heterocycles. The van der Waals surface area contributed by atoms with Crippen molar-refractivity contribution < 1.29 is 14.6 Å². The molecule has 0 saturated carbocycles. The molecule has 3 rings (SSSR count). The maximum atomic E-state index is 11.4. The second-order valence-corrected chi connectivity index (χ2v) is 6.98. The molecule has 2 aromatic rings. The fraction of sp³-hybridized carbons (Fsp3) is 0.316. The summed E-state index contributed by atoms with van der Waals surface area (Å²) in [6, 6.07) is 12.4. The first-order chi connectivity index (χ1) is 12.4. The van der Waals surface area contributed by atoms with Gasteiger partial charge in [0, 0.05) is 22.3 Å². The van der Waals surface area contributed by atoms with E-state index in [1.165, 1.54) is 11.0 Å². The molecule has 1 heterocycles. The Labute approximate surface area is 157 Å². The van der Waals surface area contributed by atoms with Crippen LogP contribution in [0.1, 0.15) is 22.8 Å². The Morgan fingerprint density at radius 1 is 1.19 bits per heavy atom. The van der Waals surface area contributed by atoms with Gasteiger partial charge in [-0.15, -0.1) is 0 Å². The van der Waals surface area contributed by atoms with Crippen molar-refractivity contribution in [2.24, 2.45) is 0 Å². The number of halogens is 1. The van der Waals surface area contributed by atoms with Crippen LogP contribution in [0.15, 0.2) is 42.5 Å². The minimum absolute atomic E-state index is 0.0638. The number of Topliss-reactive ketones (excluding diaryl/α,β-unsaturated/α-hetero) is 1. The number of nitrogens with one attached hydrogen (secondary N) is 1. The van der Waals surface area contributed by atoms with Gasteiger partial charge in [0.1, 0.15) is 6.54 Å². The zero-order valence-corrected chi connectivity index (χ0v) is 15.3. The van der Waals surface area contributed by atoms with Gasteiger partial charge in [0.05, 0.1) is 36.7 Å². The van der Waals surface area contributed by atoms with Crippen molar-refractivity contribution in [1.82, 2.24) is 0 Å². The fourth-order valence-corrected chi connectivity index (χ4v) is 3.50. The number of anilines is 1. The lowest BCUT2D eigenvalue weighted by atomic mass is 10.1. The lowest BCUT2D eigenvalue weighted by Gasteiger charge is -2.33. The molecule has 1 N–H and O–H groups in total. The van der Waals surface area contributed by atoms with E-state index in [1.807, 2.05) is 24.3 Å². The van der Waals surface area contributed by atoms with Crippen molar-refractivity contribution in [3.05, 3.63) is 68.7 Å². The van der Waals surface area contributed by atoms with Crippen LogP contribution in [0.5, 0.6) is 0 Å². The molecule has 0 spiro atoms. The summed E-state index contributed by atoms with van der Waals surface area (Å²) >= 11 is 6.01. The van der Waals surface area contributed by atoms with Gasteiger partial charge in [0.2, 0.25) is 0 Å². The van der Waals surface area contributed by atoms with Gasteiger partial charge in [-0.25, -0.2) is 0 Å². The van der Waals surface area contributed by atoms with E-state index < -0.39 is 0 Å². The van der Waals surface area contributed by atoms with Crippen LogP contribution in [-0.2, 0) is 6.54 Å². The molecule has 1 aliphatic rings. The maximum Gasteiger partial charge on any atom is 0.278 e. The average Bonchev–Trinajstić information content (AvgIpc) is 2.62. The highest BCUT2D eigenvalue weighted by molar-refractivity contribution is 6.30. The molecule has 0 amide bonds. The van der Waals surface area contributed by atoms with Crippen molar-refractivity contribution in [3.63, 3.8) is 0 Å². The van der Waals surface area contributed by atoms with Crippen molar-refractivity contribution in [2.45, 2.75) is 13.5 Å². The number of piperazine rings is 1. The molecule has 1 fully saturated rings. The van der Waals surface area contributed by atoms with Crippen LogP contribution in [0.4, 0.5) is 11.4 Å². The van der Waals surface area contributed by atoms with Gasteiger partial charge in [-0.1, -0.05) is 11.6 Å². The molecule has 0 aromatic heterocycles. The minimum Gasteiger partial charge on any atom is -0.360 e. The fourth-order valence-electron chi connectivity index (χ4n) is 3.31. The maximum absolute atomic E-state index is 11.4. The van der Waals surface area contributed by atoms with Gasteiger partial charge < -0.3 is 9.80 Å². The number of ketones is 1. The third-order valence-electron chi connectivity index (χ3n) is 4.79. The van der Waals surface area contributed by atoms with Crippen molar-refractivity contribution in [2.75, 3.05) is 31.1 Å². The third kappa shape index (κ3) is 4.20. The zero-order valence-electron chi connectivity index (χ0n) is 14.6. The monoisotopic (exact) mass is 374 g/mol. The van der Waals surface area contributed by atoms with E-state index in [-0.39, 0.29) is 16.4 Å². The smallest absolute Gasteiger partial charge is 0.278 e. The van der Waals surface area contributed by atoms with Gasteiger partial charge in [-0.05, 0) is 43.3 Å². The largest absolute Gasteiger partial charge is 0.360 e. The lowest BCUT2D eigenvalue weighted by molar-refractivity contribution is -0.914. The number of carbonyl (C=O) groups excluding carboxylic acids is 1. The number of nitrogens with zero attached hydrogens (tertiary/aromatic N) is 2. The van der Waals surface area contributed by atoms with Crippen LogP contribution in [0, 0.1) is 10.1 Å². The molecule has 6 nitrogen and oxygen atoms in total. The molecule has 7 heteroatoms. The van der Waals surface area contributed by atoms with Crippen LogP contribution in [0.25, 0.3) is 0 Å². The first-order valence-corrected chi connectivity index (χ1v) is 8.94. The summed E-state index contributed by atoms with van der Waals surface area (Å²) in [5, 5.41) is 11.7. The van der Waals surface area contributed by atoms with E-state index >= 15 is 0 Å². The lowest BCUT2D eigenvalue weighted by Crippen LogP contribution is -3.13.